The lowest BCUT2D eigenvalue weighted by Crippen LogP contribution is -2.34. The van der Waals surface area contributed by atoms with Gasteiger partial charge in [0.1, 0.15) is 12.4 Å². The molecule has 3 aromatic rings. The summed E-state index contributed by atoms with van der Waals surface area (Å²) in [5.74, 6) is 0.195. The number of carbonyl (C=O) groups excluding carboxylic acids is 2. The van der Waals surface area contributed by atoms with Crippen molar-refractivity contribution in [2.24, 2.45) is 0 Å². The molecular formula is C23H20N2O3S. The fourth-order valence-electron chi connectivity index (χ4n) is 2.62. The minimum absolute atomic E-state index is 0.0454. The number of benzene rings is 3. The second-order valence-electron chi connectivity index (χ2n) is 6.35. The van der Waals surface area contributed by atoms with Crippen molar-refractivity contribution >= 4 is 34.7 Å². The third-order valence-electron chi connectivity index (χ3n) is 4.10. The van der Waals surface area contributed by atoms with Gasteiger partial charge < -0.3 is 10.1 Å². The van der Waals surface area contributed by atoms with E-state index in [1.807, 2.05) is 30.3 Å². The Hall–Kier alpha value is -3.51. The quantitative estimate of drug-likeness (QED) is 0.464. The molecule has 0 radical (unpaired) electrons. The van der Waals surface area contributed by atoms with Crippen molar-refractivity contribution in [2.45, 2.75) is 13.5 Å². The van der Waals surface area contributed by atoms with Crippen LogP contribution in [0.4, 0.5) is 5.69 Å². The molecule has 0 atom stereocenters. The normalized spacial score (nSPS) is 10.1. The summed E-state index contributed by atoms with van der Waals surface area (Å²) in [6.07, 6.45) is 0. The van der Waals surface area contributed by atoms with Gasteiger partial charge in [0, 0.05) is 16.8 Å². The fourth-order valence-corrected chi connectivity index (χ4v) is 2.83. The van der Waals surface area contributed by atoms with Crippen LogP contribution in [-0.4, -0.2) is 16.8 Å². The summed E-state index contributed by atoms with van der Waals surface area (Å²) < 4.78 is 5.76. The third-order valence-corrected chi connectivity index (χ3v) is 4.30. The Balaban J connectivity index is 1.59. The molecule has 0 aliphatic carbocycles. The fraction of sp³-hybridized carbons (Fsp3) is 0.0870. The molecule has 2 N–H and O–H groups in total. The average molecular weight is 404 g/mol. The number of anilines is 1. The maximum Gasteiger partial charge on any atom is 0.257 e. The molecule has 1 amide bonds. The van der Waals surface area contributed by atoms with Gasteiger partial charge in [-0.15, -0.1) is 0 Å². The van der Waals surface area contributed by atoms with Gasteiger partial charge in [-0.3, -0.25) is 14.9 Å². The van der Waals surface area contributed by atoms with Gasteiger partial charge in [-0.05, 0) is 55.0 Å². The van der Waals surface area contributed by atoms with E-state index in [0.717, 1.165) is 5.56 Å². The molecule has 0 spiro atoms. The zero-order chi connectivity index (χ0) is 20.6. The van der Waals surface area contributed by atoms with Gasteiger partial charge >= 0.3 is 0 Å². The first-order chi connectivity index (χ1) is 14.0. The largest absolute Gasteiger partial charge is 0.489 e. The van der Waals surface area contributed by atoms with E-state index in [2.05, 4.69) is 10.6 Å². The Morgan fingerprint density at radius 3 is 2.38 bits per heavy atom. The van der Waals surface area contributed by atoms with Crippen LogP contribution in [0.5, 0.6) is 5.75 Å². The molecule has 3 aromatic carbocycles. The first kappa shape index (κ1) is 20.2. The first-order valence-electron chi connectivity index (χ1n) is 9.01. The number of nitrogens with one attached hydrogen (secondary N) is 2. The van der Waals surface area contributed by atoms with Crippen molar-refractivity contribution in [3.63, 3.8) is 0 Å². The molecule has 146 valence electrons. The van der Waals surface area contributed by atoms with E-state index in [0.29, 0.717) is 29.2 Å². The van der Waals surface area contributed by atoms with Gasteiger partial charge in [0.25, 0.3) is 5.91 Å². The zero-order valence-electron chi connectivity index (χ0n) is 15.8. The molecule has 29 heavy (non-hydrogen) atoms. The molecule has 0 unspecified atom stereocenters. The smallest absolute Gasteiger partial charge is 0.257 e. The summed E-state index contributed by atoms with van der Waals surface area (Å²) in [5.41, 5.74) is 2.66. The zero-order valence-corrected chi connectivity index (χ0v) is 16.7. The van der Waals surface area contributed by atoms with Crippen LogP contribution in [0.25, 0.3) is 0 Å². The Morgan fingerprint density at radius 2 is 1.62 bits per heavy atom. The number of hydrogen-bond donors (Lipinski definition) is 2. The Morgan fingerprint density at radius 1 is 0.897 bits per heavy atom. The summed E-state index contributed by atoms with van der Waals surface area (Å²) in [6, 6.07) is 23.6. The highest BCUT2D eigenvalue weighted by atomic mass is 32.1. The number of thiocarbonyl (C=S) groups is 1. The van der Waals surface area contributed by atoms with E-state index in [1.165, 1.54) is 6.92 Å². The lowest BCUT2D eigenvalue weighted by atomic mass is 10.1. The minimum atomic E-state index is -0.351. The van der Waals surface area contributed by atoms with Crippen molar-refractivity contribution in [1.29, 1.82) is 0 Å². The molecule has 0 saturated heterocycles. The van der Waals surface area contributed by atoms with E-state index >= 15 is 0 Å². The van der Waals surface area contributed by atoms with Gasteiger partial charge in [-0.25, -0.2) is 0 Å². The standard InChI is InChI=1S/C23H20N2O3S/c1-16(26)18-9-5-11-20(13-18)24-23(29)25-22(27)19-10-6-12-21(14-19)28-15-17-7-3-2-4-8-17/h2-14H,15H2,1H3,(H2,24,25,27,29). The molecular weight excluding hydrogens is 384 g/mol. The molecule has 3 rings (SSSR count). The van der Waals surface area contributed by atoms with Crippen molar-refractivity contribution < 1.29 is 14.3 Å². The summed E-state index contributed by atoms with van der Waals surface area (Å²) >= 11 is 5.21. The number of hydrogen-bond acceptors (Lipinski definition) is 4. The summed E-state index contributed by atoms with van der Waals surface area (Å²) in [5, 5.41) is 5.70. The van der Waals surface area contributed by atoms with Crippen LogP contribution in [0, 0.1) is 0 Å². The van der Waals surface area contributed by atoms with Crippen LogP contribution in [0.15, 0.2) is 78.9 Å². The van der Waals surface area contributed by atoms with E-state index in [4.69, 9.17) is 17.0 Å². The number of amides is 1. The Bertz CT molecular complexity index is 1040. The van der Waals surface area contributed by atoms with Crippen LogP contribution >= 0.6 is 12.2 Å². The van der Waals surface area contributed by atoms with Crippen molar-refractivity contribution in [3.05, 3.63) is 95.6 Å². The molecule has 5 nitrogen and oxygen atoms in total. The molecule has 0 aromatic heterocycles. The van der Waals surface area contributed by atoms with E-state index < -0.39 is 0 Å². The van der Waals surface area contributed by atoms with Crippen LogP contribution in [0.3, 0.4) is 0 Å². The highest BCUT2D eigenvalue weighted by Gasteiger charge is 2.10. The summed E-state index contributed by atoms with van der Waals surface area (Å²) in [4.78, 5) is 24.0. The maximum atomic E-state index is 12.5. The number of carbonyl (C=O) groups is 2. The lowest BCUT2D eigenvalue weighted by molar-refractivity contribution is 0.0975. The number of rotatable bonds is 6. The van der Waals surface area contributed by atoms with Crippen molar-refractivity contribution in [2.75, 3.05) is 5.32 Å². The van der Waals surface area contributed by atoms with Gasteiger partial charge in [-0.1, -0.05) is 48.5 Å². The summed E-state index contributed by atoms with van der Waals surface area (Å²) in [7, 11) is 0. The van der Waals surface area contributed by atoms with E-state index in [-0.39, 0.29) is 16.8 Å². The van der Waals surface area contributed by atoms with Gasteiger partial charge in [-0.2, -0.15) is 0 Å². The predicted molar refractivity (Wildman–Crippen MR) is 117 cm³/mol. The van der Waals surface area contributed by atoms with E-state index in [9.17, 15) is 9.59 Å². The lowest BCUT2D eigenvalue weighted by Gasteiger charge is -2.11. The minimum Gasteiger partial charge on any atom is -0.489 e. The van der Waals surface area contributed by atoms with E-state index in [1.54, 1.807) is 48.5 Å². The van der Waals surface area contributed by atoms with Gasteiger partial charge in [0.2, 0.25) is 0 Å². The molecule has 6 heteroatoms. The molecule has 0 heterocycles. The molecule has 0 fully saturated rings. The topological polar surface area (TPSA) is 67.4 Å². The molecule has 0 aliphatic heterocycles. The summed E-state index contributed by atoms with van der Waals surface area (Å²) in [6.45, 7) is 1.91. The van der Waals surface area contributed by atoms with Crippen LogP contribution in [0.2, 0.25) is 0 Å². The number of ketones is 1. The second-order valence-corrected chi connectivity index (χ2v) is 6.76. The van der Waals surface area contributed by atoms with Crippen molar-refractivity contribution in [1.82, 2.24) is 5.32 Å². The Labute approximate surface area is 174 Å². The highest BCUT2D eigenvalue weighted by Crippen LogP contribution is 2.16. The van der Waals surface area contributed by atoms with Crippen LogP contribution < -0.4 is 15.4 Å². The monoisotopic (exact) mass is 404 g/mol. The molecule has 0 bridgehead atoms. The Kier molecular flexibility index (Phi) is 6.71. The van der Waals surface area contributed by atoms with Crippen LogP contribution in [0.1, 0.15) is 33.2 Å². The van der Waals surface area contributed by atoms with Crippen LogP contribution in [-0.2, 0) is 6.61 Å². The van der Waals surface area contributed by atoms with Crippen molar-refractivity contribution in [3.8, 4) is 5.75 Å². The average Bonchev–Trinajstić information content (AvgIpc) is 2.73. The third kappa shape index (κ3) is 5.99. The number of Topliss-reactive ketones (excluding diaryl/α,β-unsaturated/α-hetero) is 1. The second kappa shape index (κ2) is 9.61. The molecule has 0 aliphatic rings. The SMILES string of the molecule is CC(=O)c1cccc(NC(=S)NC(=O)c2cccc(OCc3ccccc3)c2)c1. The highest BCUT2D eigenvalue weighted by molar-refractivity contribution is 7.80. The predicted octanol–water partition coefficient (Wildman–Crippen LogP) is 4.60. The van der Waals surface area contributed by atoms with Gasteiger partial charge in [0.15, 0.2) is 10.9 Å². The molecule has 0 saturated carbocycles. The van der Waals surface area contributed by atoms with Gasteiger partial charge in [0.05, 0.1) is 0 Å². The number of ether oxygens (including phenoxy) is 1. The first-order valence-corrected chi connectivity index (χ1v) is 9.42. The maximum absolute atomic E-state index is 12.5.